The standard InChI is InChI=1S/C22H25F2N5O2S/c23-16-8-14(9-17(24)10-16)11-25-20(30)13-32-21-6-5-19(27-28-21)29-7-1-2-15(12-29)22(31)26-18-3-4-18/h5-6,8-10,15,18H,1-4,7,11-13H2,(H,25,30)(H,26,31)/t15-/m0/s1. The molecule has 2 aromatic rings. The number of piperidine rings is 1. The molecule has 1 aromatic heterocycles. The average Bonchev–Trinajstić information content (AvgIpc) is 3.60. The van der Waals surface area contributed by atoms with Gasteiger partial charge in [0.2, 0.25) is 11.8 Å². The lowest BCUT2D eigenvalue weighted by Crippen LogP contribution is -2.44. The highest BCUT2D eigenvalue weighted by atomic mass is 32.2. The van der Waals surface area contributed by atoms with Crippen LogP contribution in [0.5, 0.6) is 0 Å². The Morgan fingerprint density at radius 3 is 2.56 bits per heavy atom. The molecule has 2 N–H and O–H groups in total. The van der Waals surface area contributed by atoms with Gasteiger partial charge in [0.1, 0.15) is 16.7 Å². The summed E-state index contributed by atoms with van der Waals surface area (Å²) in [5, 5.41) is 14.8. The van der Waals surface area contributed by atoms with Gasteiger partial charge in [0.05, 0.1) is 11.7 Å². The Hall–Kier alpha value is -2.75. The number of amides is 2. The molecule has 170 valence electrons. The van der Waals surface area contributed by atoms with Crippen LogP contribution < -0.4 is 15.5 Å². The van der Waals surface area contributed by atoms with Crippen molar-refractivity contribution >= 4 is 29.4 Å². The van der Waals surface area contributed by atoms with Crippen LogP contribution in [-0.4, -0.2) is 46.9 Å². The molecule has 32 heavy (non-hydrogen) atoms. The van der Waals surface area contributed by atoms with Crippen molar-refractivity contribution in [3.8, 4) is 0 Å². The predicted molar refractivity (Wildman–Crippen MR) is 117 cm³/mol. The molecule has 2 heterocycles. The van der Waals surface area contributed by atoms with E-state index in [0.717, 1.165) is 44.1 Å². The number of carbonyl (C=O) groups is 2. The summed E-state index contributed by atoms with van der Waals surface area (Å²) in [6.07, 6.45) is 3.96. The van der Waals surface area contributed by atoms with E-state index in [2.05, 4.69) is 25.7 Å². The zero-order valence-electron chi connectivity index (χ0n) is 17.5. The first-order valence-electron chi connectivity index (χ1n) is 10.7. The quantitative estimate of drug-likeness (QED) is 0.588. The van der Waals surface area contributed by atoms with Crippen LogP contribution >= 0.6 is 11.8 Å². The molecule has 0 radical (unpaired) electrons. The molecule has 0 bridgehead atoms. The third-order valence-electron chi connectivity index (χ3n) is 5.43. The summed E-state index contributed by atoms with van der Waals surface area (Å²) in [6, 6.07) is 7.17. The number of hydrogen-bond donors (Lipinski definition) is 2. The Morgan fingerprint density at radius 2 is 1.88 bits per heavy atom. The maximum atomic E-state index is 13.2. The predicted octanol–water partition coefficient (Wildman–Crippen LogP) is 2.66. The van der Waals surface area contributed by atoms with Crippen LogP contribution in [-0.2, 0) is 16.1 Å². The molecule has 0 unspecified atom stereocenters. The summed E-state index contributed by atoms with van der Waals surface area (Å²) in [5.41, 5.74) is 0.357. The second-order valence-corrected chi connectivity index (χ2v) is 9.14. The van der Waals surface area contributed by atoms with E-state index in [0.29, 0.717) is 23.2 Å². The topological polar surface area (TPSA) is 87.2 Å². The maximum absolute atomic E-state index is 13.2. The lowest BCUT2D eigenvalue weighted by Gasteiger charge is -2.32. The second kappa shape index (κ2) is 10.2. The van der Waals surface area contributed by atoms with Crippen LogP contribution in [0.15, 0.2) is 35.4 Å². The molecule has 2 fully saturated rings. The van der Waals surface area contributed by atoms with E-state index >= 15 is 0 Å². The van der Waals surface area contributed by atoms with Crippen molar-refractivity contribution in [2.45, 2.75) is 43.3 Å². The monoisotopic (exact) mass is 461 g/mol. The van der Waals surface area contributed by atoms with Gasteiger partial charge in [-0.05, 0) is 55.5 Å². The van der Waals surface area contributed by atoms with Crippen molar-refractivity contribution in [2.75, 3.05) is 23.7 Å². The number of thioether (sulfide) groups is 1. The van der Waals surface area contributed by atoms with Crippen molar-refractivity contribution < 1.29 is 18.4 Å². The minimum absolute atomic E-state index is 0.0320. The lowest BCUT2D eigenvalue weighted by atomic mass is 9.97. The third kappa shape index (κ3) is 6.38. The Balaban J connectivity index is 1.23. The molecule has 2 amide bonds. The molecule has 7 nitrogen and oxygen atoms in total. The Morgan fingerprint density at radius 1 is 1.09 bits per heavy atom. The Labute approximate surface area is 189 Å². The molecular formula is C22H25F2N5O2S. The summed E-state index contributed by atoms with van der Waals surface area (Å²) in [6.45, 7) is 1.50. The zero-order valence-corrected chi connectivity index (χ0v) is 18.3. The van der Waals surface area contributed by atoms with Gasteiger partial charge in [-0.25, -0.2) is 8.78 Å². The minimum atomic E-state index is -0.678. The number of rotatable bonds is 8. The van der Waals surface area contributed by atoms with E-state index in [9.17, 15) is 18.4 Å². The van der Waals surface area contributed by atoms with Crippen LogP contribution in [0.3, 0.4) is 0 Å². The summed E-state index contributed by atoms with van der Waals surface area (Å²) in [5.74, 6) is -0.703. The Kier molecular flexibility index (Phi) is 7.19. The first-order chi connectivity index (χ1) is 15.5. The summed E-state index contributed by atoms with van der Waals surface area (Å²) in [7, 11) is 0. The molecule has 0 spiro atoms. The largest absolute Gasteiger partial charge is 0.354 e. The van der Waals surface area contributed by atoms with Gasteiger partial charge in [0, 0.05) is 31.7 Å². The van der Waals surface area contributed by atoms with Crippen LogP contribution in [0.2, 0.25) is 0 Å². The number of halogens is 2. The molecule has 1 saturated heterocycles. The molecule has 1 atom stereocenters. The van der Waals surface area contributed by atoms with Crippen molar-refractivity contribution in [1.29, 1.82) is 0 Å². The van der Waals surface area contributed by atoms with Gasteiger partial charge < -0.3 is 15.5 Å². The maximum Gasteiger partial charge on any atom is 0.230 e. The van der Waals surface area contributed by atoms with E-state index in [1.54, 1.807) is 6.07 Å². The number of nitrogens with zero attached hydrogens (tertiary/aromatic N) is 3. The van der Waals surface area contributed by atoms with Crippen molar-refractivity contribution in [3.05, 3.63) is 47.5 Å². The number of nitrogens with one attached hydrogen (secondary N) is 2. The number of benzene rings is 1. The van der Waals surface area contributed by atoms with Gasteiger partial charge in [-0.2, -0.15) is 0 Å². The molecule has 2 aliphatic rings. The summed E-state index contributed by atoms with van der Waals surface area (Å²) < 4.78 is 26.4. The van der Waals surface area contributed by atoms with Crippen molar-refractivity contribution in [1.82, 2.24) is 20.8 Å². The Bertz CT molecular complexity index is 951. The molecule has 1 aromatic carbocycles. The molecule has 4 rings (SSSR count). The summed E-state index contributed by atoms with van der Waals surface area (Å²) >= 11 is 1.23. The fraction of sp³-hybridized carbons (Fsp3) is 0.455. The SMILES string of the molecule is O=C(CSc1ccc(N2CCC[C@H](C(=O)NC3CC3)C2)nn1)NCc1cc(F)cc(F)c1. The first-order valence-corrected chi connectivity index (χ1v) is 11.7. The van der Waals surface area contributed by atoms with Crippen molar-refractivity contribution in [3.63, 3.8) is 0 Å². The average molecular weight is 462 g/mol. The molecule has 1 saturated carbocycles. The molecule has 1 aliphatic carbocycles. The third-order valence-corrected chi connectivity index (χ3v) is 6.35. The van der Waals surface area contributed by atoms with E-state index < -0.39 is 11.6 Å². The van der Waals surface area contributed by atoms with Crippen LogP contribution in [0.25, 0.3) is 0 Å². The van der Waals surface area contributed by atoms with Crippen LogP contribution in [0.4, 0.5) is 14.6 Å². The first kappa shape index (κ1) is 22.4. The van der Waals surface area contributed by atoms with E-state index in [1.807, 2.05) is 6.07 Å². The highest BCUT2D eigenvalue weighted by Gasteiger charge is 2.30. The van der Waals surface area contributed by atoms with Gasteiger partial charge in [0.15, 0.2) is 5.82 Å². The number of hydrogen-bond acceptors (Lipinski definition) is 6. The van der Waals surface area contributed by atoms with E-state index in [-0.39, 0.29) is 30.0 Å². The van der Waals surface area contributed by atoms with Crippen LogP contribution in [0, 0.1) is 17.6 Å². The van der Waals surface area contributed by atoms with Gasteiger partial charge in [-0.1, -0.05) is 11.8 Å². The fourth-order valence-corrected chi connectivity index (χ4v) is 4.25. The number of anilines is 1. The van der Waals surface area contributed by atoms with E-state index in [4.69, 9.17) is 0 Å². The molecule has 1 aliphatic heterocycles. The van der Waals surface area contributed by atoms with Gasteiger partial charge in [-0.3, -0.25) is 9.59 Å². The fourth-order valence-electron chi connectivity index (χ4n) is 3.61. The van der Waals surface area contributed by atoms with E-state index in [1.165, 1.54) is 23.9 Å². The number of aromatic nitrogens is 2. The van der Waals surface area contributed by atoms with Gasteiger partial charge in [0.25, 0.3) is 0 Å². The zero-order chi connectivity index (χ0) is 22.5. The lowest BCUT2D eigenvalue weighted by molar-refractivity contribution is -0.125. The van der Waals surface area contributed by atoms with Crippen LogP contribution in [0.1, 0.15) is 31.2 Å². The summed E-state index contributed by atoms with van der Waals surface area (Å²) in [4.78, 5) is 26.5. The molecule has 10 heteroatoms. The van der Waals surface area contributed by atoms with Gasteiger partial charge in [-0.15, -0.1) is 10.2 Å². The second-order valence-electron chi connectivity index (χ2n) is 8.14. The normalized spacial score (nSPS) is 18.3. The van der Waals surface area contributed by atoms with Gasteiger partial charge >= 0.3 is 0 Å². The smallest absolute Gasteiger partial charge is 0.230 e. The minimum Gasteiger partial charge on any atom is -0.354 e. The van der Waals surface area contributed by atoms with Crippen molar-refractivity contribution in [2.24, 2.45) is 5.92 Å². The highest BCUT2D eigenvalue weighted by molar-refractivity contribution is 7.99. The highest BCUT2D eigenvalue weighted by Crippen LogP contribution is 2.25. The number of carbonyl (C=O) groups excluding carboxylic acids is 2. The molecular weight excluding hydrogens is 436 g/mol.